The molecule has 0 saturated heterocycles. The predicted octanol–water partition coefficient (Wildman–Crippen LogP) is 2.01. The summed E-state index contributed by atoms with van der Waals surface area (Å²) in [6.07, 6.45) is 0.773. The largest absolute Gasteiger partial charge is 0.492 e. The summed E-state index contributed by atoms with van der Waals surface area (Å²) in [5, 5.41) is 11.9. The maximum absolute atomic E-state index is 12.4. The van der Waals surface area contributed by atoms with E-state index in [0.29, 0.717) is 6.42 Å². The molecule has 0 aliphatic carbocycles. The number of rotatable bonds is 6. The van der Waals surface area contributed by atoms with Crippen molar-refractivity contribution in [3.63, 3.8) is 0 Å². The fraction of sp³-hybridized carbons (Fsp3) is 0.556. The summed E-state index contributed by atoms with van der Waals surface area (Å²) in [7, 11) is 0. The van der Waals surface area contributed by atoms with Crippen LogP contribution in [0.5, 0.6) is 5.75 Å². The molecule has 1 aromatic rings. The molecular weight excluding hydrogens is 310 g/mol. The van der Waals surface area contributed by atoms with E-state index in [1.54, 1.807) is 0 Å². The van der Waals surface area contributed by atoms with Crippen LogP contribution in [0, 0.1) is 5.92 Å². The van der Waals surface area contributed by atoms with Crippen molar-refractivity contribution in [1.29, 1.82) is 0 Å². The van der Waals surface area contributed by atoms with Gasteiger partial charge >= 0.3 is 5.97 Å². The number of hydrogen-bond acceptors (Lipinski definition) is 4. The summed E-state index contributed by atoms with van der Waals surface area (Å²) in [6.45, 7) is 6.23. The minimum absolute atomic E-state index is 0.225. The van der Waals surface area contributed by atoms with Crippen molar-refractivity contribution in [1.82, 2.24) is 5.32 Å². The van der Waals surface area contributed by atoms with Crippen molar-refractivity contribution in [2.45, 2.75) is 45.3 Å². The first-order valence-corrected chi connectivity index (χ1v) is 8.14. The van der Waals surface area contributed by atoms with Crippen LogP contribution in [0.15, 0.2) is 24.3 Å². The van der Waals surface area contributed by atoms with Crippen LogP contribution in [-0.4, -0.2) is 41.8 Å². The highest BCUT2D eigenvalue weighted by atomic mass is 16.5. The maximum atomic E-state index is 12.4. The molecule has 0 aromatic heterocycles. The molecule has 0 radical (unpaired) electrons. The fourth-order valence-corrected chi connectivity index (χ4v) is 2.53. The Morgan fingerprint density at radius 2 is 2.08 bits per heavy atom. The Morgan fingerprint density at radius 1 is 1.38 bits per heavy atom. The van der Waals surface area contributed by atoms with Gasteiger partial charge in [0.05, 0.1) is 11.5 Å². The lowest BCUT2D eigenvalue weighted by atomic mass is 9.95. The molecule has 6 nitrogen and oxygen atoms in total. The van der Waals surface area contributed by atoms with Crippen molar-refractivity contribution in [2.75, 3.05) is 13.2 Å². The van der Waals surface area contributed by atoms with Crippen LogP contribution in [0.4, 0.5) is 0 Å². The number of aliphatic carboxylic acids is 1. The van der Waals surface area contributed by atoms with Gasteiger partial charge in [0.25, 0.3) is 0 Å². The topological polar surface area (TPSA) is 84.9 Å². The van der Waals surface area contributed by atoms with Gasteiger partial charge in [-0.2, -0.15) is 0 Å². The number of nitrogens with one attached hydrogen (secondary N) is 1. The number of carbonyl (C=O) groups excluding carboxylic acids is 1. The number of para-hydroxylation sites is 1. The van der Waals surface area contributed by atoms with Crippen LogP contribution in [-0.2, 0) is 20.7 Å². The molecule has 1 aliphatic heterocycles. The summed E-state index contributed by atoms with van der Waals surface area (Å²) >= 11 is 0. The monoisotopic (exact) mass is 335 g/mol. The molecule has 1 aliphatic rings. The summed E-state index contributed by atoms with van der Waals surface area (Å²) in [4.78, 5) is 23.8. The van der Waals surface area contributed by atoms with Gasteiger partial charge in [-0.1, -0.05) is 18.2 Å². The van der Waals surface area contributed by atoms with E-state index in [9.17, 15) is 14.7 Å². The minimum atomic E-state index is -1.06. The number of carboxylic acids is 1. The normalized spacial score (nSPS) is 18.2. The van der Waals surface area contributed by atoms with Gasteiger partial charge in [-0.25, -0.2) is 4.79 Å². The number of hydrogen-bond donors (Lipinski definition) is 2. The summed E-state index contributed by atoms with van der Waals surface area (Å²) in [6, 6.07) is 6.60. The van der Waals surface area contributed by atoms with Crippen molar-refractivity contribution in [3.8, 4) is 5.75 Å². The van der Waals surface area contributed by atoms with Crippen molar-refractivity contribution in [3.05, 3.63) is 29.8 Å². The molecular formula is C18H25NO5. The molecule has 2 N–H and O–H groups in total. The minimum Gasteiger partial charge on any atom is -0.492 e. The van der Waals surface area contributed by atoms with E-state index in [1.807, 2.05) is 45.0 Å². The molecule has 0 bridgehead atoms. The molecule has 2 unspecified atom stereocenters. The molecule has 24 heavy (non-hydrogen) atoms. The zero-order valence-electron chi connectivity index (χ0n) is 14.4. The van der Waals surface area contributed by atoms with Gasteiger partial charge in [0.1, 0.15) is 18.4 Å². The van der Waals surface area contributed by atoms with E-state index in [-0.39, 0.29) is 37.1 Å². The Balaban J connectivity index is 1.90. The highest BCUT2D eigenvalue weighted by Crippen LogP contribution is 2.26. The molecule has 0 fully saturated rings. The second-order valence-electron chi connectivity index (χ2n) is 6.97. The van der Waals surface area contributed by atoms with Gasteiger partial charge in [-0.15, -0.1) is 0 Å². The zero-order chi connectivity index (χ0) is 17.7. The average molecular weight is 335 g/mol. The van der Waals surface area contributed by atoms with Gasteiger partial charge in [0, 0.05) is 13.0 Å². The number of ether oxygens (including phenoxy) is 2. The van der Waals surface area contributed by atoms with Gasteiger partial charge in [-0.3, -0.25) is 4.79 Å². The lowest BCUT2D eigenvalue weighted by molar-refractivity contribution is -0.143. The maximum Gasteiger partial charge on any atom is 0.326 e. The number of fused-ring (bicyclic) bond motifs is 1. The van der Waals surface area contributed by atoms with Crippen molar-refractivity contribution in [2.24, 2.45) is 5.92 Å². The lowest BCUT2D eigenvalue weighted by Gasteiger charge is -2.26. The Kier molecular flexibility index (Phi) is 5.83. The van der Waals surface area contributed by atoms with Crippen LogP contribution >= 0.6 is 0 Å². The van der Waals surface area contributed by atoms with Crippen LogP contribution in [0.2, 0.25) is 0 Å². The molecule has 132 valence electrons. The molecule has 0 spiro atoms. The molecule has 2 atom stereocenters. The predicted molar refractivity (Wildman–Crippen MR) is 89.0 cm³/mol. The molecule has 0 saturated carbocycles. The van der Waals surface area contributed by atoms with E-state index < -0.39 is 12.0 Å². The summed E-state index contributed by atoms with van der Waals surface area (Å²) < 4.78 is 11.1. The molecule has 1 amide bonds. The Labute approximate surface area is 142 Å². The second kappa shape index (κ2) is 7.66. The summed E-state index contributed by atoms with van der Waals surface area (Å²) in [5.74, 6) is -0.953. The highest BCUT2D eigenvalue weighted by Gasteiger charge is 2.29. The first kappa shape index (κ1) is 18.3. The van der Waals surface area contributed by atoms with E-state index in [0.717, 1.165) is 11.3 Å². The Morgan fingerprint density at radius 3 is 2.75 bits per heavy atom. The van der Waals surface area contributed by atoms with Crippen LogP contribution in [0.25, 0.3) is 0 Å². The first-order chi connectivity index (χ1) is 11.3. The number of carbonyl (C=O) groups is 2. The Hall–Kier alpha value is -2.08. The average Bonchev–Trinajstić information content (AvgIpc) is 2.52. The standard InChI is InChI=1S/C18H25NO5/c1-18(2,3)24-9-8-14(17(21)22)19-16(20)13-10-12-6-4-5-7-15(12)23-11-13/h4-7,13-14H,8-11H2,1-3H3,(H,19,20)(H,21,22). The summed E-state index contributed by atoms with van der Waals surface area (Å²) in [5.41, 5.74) is 0.625. The van der Waals surface area contributed by atoms with Crippen molar-refractivity contribution < 1.29 is 24.2 Å². The van der Waals surface area contributed by atoms with E-state index in [1.165, 1.54) is 0 Å². The van der Waals surface area contributed by atoms with Crippen LogP contribution in [0.3, 0.4) is 0 Å². The third-order valence-electron chi connectivity index (χ3n) is 3.81. The van der Waals surface area contributed by atoms with Crippen LogP contribution in [0.1, 0.15) is 32.8 Å². The van der Waals surface area contributed by atoms with Crippen molar-refractivity contribution >= 4 is 11.9 Å². The molecule has 1 aromatic carbocycles. The number of benzene rings is 1. The van der Waals surface area contributed by atoms with E-state index in [4.69, 9.17) is 9.47 Å². The third kappa shape index (κ3) is 5.23. The van der Waals surface area contributed by atoms with Gasteiger partial charge in [0.2, 0.25) is 5.91 Å². The van der Waals surface area contributed by atoms with Crippen LogP contribution < -0.4 is 10.1 Å². The second-order valence-corrected chi connectivity index (χ2v) is 6.97. The smallest absolute Gasteiger partial charge is 0.326 e. The first-order valence-electron chi connectivity index (χ1n) is 8.14. The van der Waals surface area contributed by atoms with Gasteiger partial charge in [-0.05, 0) is 38.8 Å². The molecule has 2 rings (SSSR count). The SMILES string of the molecule is CC(C)(C)OCCC(NC(=O)C1COc2ccccc2C1)C(=O)O. The Bertz CT molecular complexity index is 593. The highest BCUT2D eigenvalue weighted by molar-refractivity contribution is 5.85. The van der Waals surface area contributed by atoms with Gasteiger partial charge in [0.15, 0.2) is 0 Å². The number of amides is 1. The third-order valence-corrected chi connectivity index (χ3v) is 3.81. The lowest BCUT2D eigenvalue weighted by Crippen LogP contribution is -2.46. The van der Waals surface area contributed by atoms with Gasteiger partial charge < -0.3 is 19.9 Å². The number of carboxylic acid groups (broad SMARTS) is 1. The molecule has 6 heteroatoms. The molecule has 1 heterocycles. The zero-order valence-corrected chi connectivity index (χ0v) is 14.4. The van der Waals surface area contributed by atoms with E-state index >= 15 is 0 Å². The fourth-order valence-electron chi connectivity index (χ4n) is 2.53. The van der Waals surface area contributed by atoms with E-state index in [2.05, 4.69) is 5.32 Å². The quantitative estimate of drug-likeness (QED) is 0.831.